The van der Waals surface area contributed by atoms with Crippen LogP contribution in [0.4, 0.5) is 0 Å². The second kappa shape index (κ2) is 6.91. The van der Waals surface area contributed by atoms with Crippen molar-refractivity contribution < 1.29 is 19.5 Å². The Kier molecular flexibility index (Phi) is 5.18. The first kappa shape index (κ1) is 16.5. The Morgan fingerprint density at radius 2 is 2.23 bits per heavy atom. The molecular weight excluding hydrogens is 304 g/mol. The van der Waals surface area contributed by atoms with Crippen LogP contribution in [0.3, 0.4) is 0 Å². The second-order valence-corrected chi connectivity index (χ2v) is 6.69. The standard InChI is InChI=1S/C15H20N2O4S/c1-9(2)17-8-10(6-13(17)18)15(21)16-11(7-14(19)20)12-4-3-5-22-12/h3-5,9-11H,6-8H2,1-2H3,(H,16,21)(H,19,20)/t10-,11-/m1/s1. The van der Waals surface area contributed by atoms with Gasteiger partial charge >= 0.3 is 5.97 Å². The van der Waals surface area contributed by atoms with E-state index in [9.17, 15) is 14.4 Å². The van der Waals surface area contributed by atoms with Gasteiger partial charge in [-0.05, 0) is 25.3 Å². The van der Waals surface area contributed by atoms with Crippen LogP contribution < -0.4 is 5.32 Å². The molecule has 1 saturated heterocycles. The van der Waals surface area contributed by atoms with Crippen molar-refractivity contribution >= 4 is 29.1 Å². The maximum atomic E-state index is 12.4. The summed E-state index contributed by atoms with van der Waals surface area (Å²) in [6.45, 7) is 4.22. The van der Waals surface area contributed by atoms with E-state index < -0.39 is 17.9 Å². The summed E-state index contributed by atoms with van der Waals surface area (Å²) in [5.41, 5.74) is 0. The molecule has 7 heteroatoms. The number of hydrogen-bond acceptors (Lipinski definition) is 4. The first-order chi connectivity index (χ1) is 10.4. The molecule has 1 fully saturated rings. The molecule has 0 unspecified atom stereocenters. The molecule has 2 N–H and O–H groups in total. The van der Waals surface area contributed by atoms with Crippen LogP contribution in [0.5, 0.6) is 0 Å². The van der Waals surface area contributed by atoms with Crippen molar-refractivity contribution in [1.82, 2.24) is 10.2 Å². The van der Waals surface area contributed by atoms with E-state index in [1.165, 1.54) is 11.3 Å². The number of carbonyl (C=O) groups excluding carboxylic acids is 2. The molecule has 0 aliphatic carbocycles. The summed E-state index contributed by atoms with van der Waals surface area (Å²) in [5, 5.41) is 13.6. The van der Waals surface area contributed by atoms with E-state index >= 15 is 0 Å². The average Bonchev–Trinajstić information content (AvgIpc) is 3.06. The molecule has 6 nitrogen and oxygen atoms in total. The Morgan fingerprint density at radius 3 is 2.73 bits per heavy atom. The molecule has 0 spiro atoms. The van der Waals surface area contributed by atoms with Gasteiger partial charge < -0.3 is 15.3 Å². The van der Waals surface area contributed by atoms with Gasteiger partial charge in [-0.25, -0.2) is 0 Å². The Morgan fingerprint density at radius 1 is 1.50 bits per heavy atom. The van der Waals surface area contributed by atoms with Crippen LogP contribution in [0.25, 0.3) is 0 Å². The van der Waals surface area contributed by atoms with Gasteiger partial charge in [0.25, 0.3) is 0 Å². The zero-order valence-corrected chi connectivity index (χ0v) is 13.4. The van der Waals surface area contributed by atoms with Gasteiger partial charge in [-0.2, -0.15) is 0 Å². The van der Waals surface area contributed by atoms with Gasteiger partial charge in [0, 0.05) is 23.9 Å². The lowest BCUT2D eigenvalue weighted by Crippen LogP contribution is -2.37. The SMILES string of the molecule is CC(C)N1C[C@H](C(=O)N[C@H](CC(=O)O)c2cccs2)CC1=O. The number of carboxylic acids is 1. The lowest BCUT2D eigenvalue weighted by Gasteiger charge is -2.21. The predicted molar refractivity (Wildman–Crippen MR) is 82.4 cm³/mol. The number of carbonyl (C=O) groups is 3. The van der Waals surface area contributed by atoms with Crippen molar-refractivity contribution in [1.29, 1.82) is 0 Å². The van der Waals surface area contributed by atoms with Crippen LogP contribution >= 0.6 is 11.3 Å². The third-order valence-corrected chi connectivity index (χ3v) is 4.72. The molecule has 2 rings (SSSR count). The fourth-order valence-corrected chi connectivity index (χ4v) is 3.36. The minimum absolute atomic E-state index is 0.0268. The molecule has 0 radical (unpaired) electrons. The molecular formula is C15H20N2O4S. The molecule has 1 aromatic heterocycles. The predicted octanol–water partition coefficient (Wildman–Crippen LogP) is 1.64. The zero-order valence-electron chi connectivity index (χ0n) is 12.6. The Hall–Kier alpha value is -1.89. The minimum Gasteiger partial charge on any atom is -0.481 e. The lowest BCUT2D eigenvalue weighted by atomic mass is 10.1. The van der Waals surface area contributed by atoms with E-state index in [1.807, 2.05) is 25.3 Å². The van der Waals surface area contributed by atoms with Crippen LogP contribution in [0.1, 0.15) is 37.6 Å². The summed E-state index contributed by atoms with van der Waals surface area (Å²) in [4.78, 5) is 37.7. The molecule has 0 aromatic carbocycles. The van der Waals surface area contributed by atoms with Crippen molar-refractivity contribution in [2.75, 3.05) is 6.54 Å². The summed E-state index contributed by atoms with van der Waals surface area (Å²) >= 11 is 1.41. The lowest BCUT2D eigenvalue weighted by molar-refractivity contribution is -0.138. The molecule has 0 bridgehead atoms. The quantitative estimate of drug-likeness (QED) is 0.833. The number of hydrogen-bond donors (Lipinski definition) is 2. The van der Waals surface area contributed by atoms with Crippen molar-refractivity contribution in [2.45, 2.75) is 38.8 Å². The van der Waals surface area contributed by atoms with E-state index in [0.29, 0.717) is 6.54 Å². The van der Waals surface area contributed by atoms with Crippen molar-refractivity contribution in [3.8, 4) is 0 Å². The number of aliphatic carboxylic acids is 1. The van der Waals surface area contributed by atoms with Crippen LogP contribution in [0.2, 0.25) is 0 Å². The third kappa shape index (κ3) is 3.85. The summed E-state index contributed by atoms with van der Waals surface area (Å²) in [6, 6.07) is 3.14. The van der Waals surface area contributed by atoms with Crippen LogP contribution in [0.15, 0.2) is 17.5 Å². The molecule has 120 valence electrons. The Balaban J connectivity index is 2.03. The Labute approximate surface area is 133 Å². The van der Waals surface area contributed by atoms with E-state index in [0.717, 1.165) is 4.88 Å². The summed E-state index contributed by atoms with van der Waals surface area (Å²) in [6.07, 6.45) is 0.0229. The number of amides is 2. The van der Waals surface area contributed by atoms with Crippen molar-refractivity contribution in [2.24, 2.45) is 5.92 Å². The van der Waals surface area contributed by atoms with E-state index in [2.05, 4.69) is 5.32 Å². The first-order valence-corrected chi connectivity index (χ1v) is 8.11. The van der Waals surface area contributed by atoms with Gasteiger partial charge in [0.2, 0.25) is 11.8 Å². The van der Waals surface area contributed by atoms with Gasteiger partial charge in [0.05, 0.1) is 18.4 Å². The highest BCUT2D eigenvalue weighted by Crippen LogP contribution is 2.25. The highest BCUT2D eigenvalue weighted by molar-refractivity contribution is 7.10. The number of thiophene rings is 1. The summed E-state index contributed by atoms with van der Waals surface area (Å²) in [5.74, 6) is -1.66. The van der Waals surface area contributed by atoms with Gasteiger partial charge in [-0.3, -0.25) is 14.4 Å². The van der Waals surface area contributed by atoms with Crippen molar-refractivity contribution in [3.05, 3.63) is 22.4 Å². The molecule has 1 aliphatic heterocycles. The number of likely N-dealkylation sites (tertiary alicyclic amines) is 1. The topological polar surface area (TPSA) is 86.7 Å². The van der Waals surface area contributed by atoms with Crippen LogP contribution in [-0.4, -0.2) is 40.4 Å². The van der Waals surface area contributed by atoms with Crippen LogP contribution in [-0.2, 0) is 14.4 Å². The van der Waals surface area contributed by atoms with Crippen LogP contribution in [0, 0.1) is 5.92 Å². The third-order valence-electron chi connectivity index (χ3n) is 3.73. The summed E-state index contributed by atoms with van der Waals surface area (Å²) < 4.78 is 0. The molecule has 0 saturated carbocycles. The van der Waals surface area contributed by atoms with Crippen molar-refractivity contribution in [3.63, 3.8) is 0 Å². The molecule has 22 heavy (non-hydrogen) atoms. The average molecular weight is 324 g/mol. The monoisotopic (exact) mass is 324 g/mol. The molecule has 2 amide bonds. The number of nitrogens with zero attached hydrogens (tertiary/aromatic N) is 1. The van der Waals surface area contributed by atoms with E-state index in [1.54, 1.807) is 11.0 Å². The van der Waals surface area contributed by atoms with E-state index in [4.69, 9.17) is 5.11 Å². The van der Waals surface area contributed by atoms with Gasteiger partial charge in [-0.1, -0.05) is 6.07 Å². The molecule has 1 aliphatic rings. The largest absolute Gasteiger partial charge is 0.481 e. The van der Waals surface area contributed by atoms with E-state index in [-0.39, 0.29) is 30.7 Å². The highest BCUT2D eigenvalue weighted by atomic mass is 32.1. The smallest absolute Gasteiger partial charge is 0.305 e. The number of nitrogens with one attached hydrogen (secondary N) is 1. The van der Waals surface area contributed by atoms with Gasteiger partial charge in [-0.15, -0.1) is 11.3 Å². The molecule has 2 heterocycles. The minimum atomic E-state index is -0.968. The maximum absolute atomic E-state index is 12.4. The van der Waals surface area contributed by atoms with Gasteiger partial charge in [0.1, 0.15) is 0 Å². The fourth-order valence-electron chi connectivity index (χ4n) is 2.58. The normalized spacial score (nSPS) is 19.5. The first-order valence-electron chi connectivity index (χ1n) is 7.23. The molecule has 1 aromatic rings. The maximum Gasteiger partial charge on any atom is 0.305 e. The van der Waals surface area contributed by atoms with Gasteiger partial charge in [0.15, 0.2) is 0 Å². The highest BCUT2D eigenvalue weighted by Gasteiger charge is 2.36. The fraction of sp³-hybridized carbons (Fsp3) is 0.533. The Bertz CT molecular complexity index is 556. The number of carboxylic acid groups (broad SMARTS) is 1. The second-order valence-electron chi connectivity index (χ2n) is 5.72. The zero-order chi connectivity index (χ0) is 16.3. The summed E-state index contributed by atoms with van der Waals surface area (Å²) in [7, 11) is 0. The number of rotatable bonds is 6. The molecule has 2 atom stereocenters.